The average Bonchev–Trinajstić information content (AvgIpc) is 3.28. The van der Waals surface area contributed by atoms with Crippen LogP contribution < -0.4 is 10.9 Å². The Labute approximate surface area is 211 Å². The molecule has 3 aliphatic rings. The van der Waals surface area contributed by atoms with Crippen molar-refractivity contribution in [1.29, 1.82) is 0 Å². The summed E-state index contributed by atoms with van der Waals surface area (Å²) in [6.45, 7) is 1.66. The number of rotatable bonds is 4. The van der Waals surface area contributed by atoms with Gasteiger partial charge in [-0.2, -0.15) is 0 Å². The number of likely N-dealkylation sites (N-methyl/N-ethyl adjacent to an activating group) is 1. The Balaban J connectivity index is 1.46. The molecule has 11 nitrogen and oxygen atoms in total. The van der Waals surface area contributed by atoms with E-state index in [1.54, 1.807) is 0 Å². The topological polar surface area (TPSA) is 134 Å². The van der Waals surface area contributed by atoms with Crippen LogP contribution in [0.5, 0.6) is 5.75 Å². The summed E-state index contributed by atoms with van der Waals surface area (Å²) in [5, 5.41) is 13.2. The second-order valence-electron chi connectivity index (χ2n) is 9.77. The molecular weight excluding hydrogens is 485 g/mol. The first-order valence-electron chi connectivity index (χ1n) is 12.2. The standard InChI is InChI=1S/C25H28FN5O6/c1-29(22(35)23(36)30-8-10-37-11-9-30)25-7-6-16(12-25)14-31-21(34)19(32)18(28-24(25)31)20(33)27-13-15-2-4-17(26)5-3-15/h2-5,16,32H,6-14H2,1H3,(H,27,33). The van der Waals surface area contributed by atoms with Gasteiger partial charge in [-0.05, 0) is 42.9 Å². The Morgan fingerprint density at radius 1 is 1.24 bits per heavy atom. The number of aromatic nitrogens is 2. The first kappa shape index (κ1) is 24.9. The van der Waals surface area contributed by atoms with Gasteiger partial charge in [0.25, 0.3) is 11.5 Å². The monoisotopic (exact) mass is 513 g/mol. The molecule has 0 radical (unpaired) electrons. The van der Waals surface area contributed by atoms with Gasteiger partial charge in [0.05, 0.1) is 13.2 Å². The molecule has 2 unspecified atom stereocenters. The number of hydrogen-bond acceptors (Lipinski definition) is 7. The van der Waals surface area contributed by atoms with Gasteiger partial charge in [-0.1, -0.05) is 12.1 Å². The maximum absolute atomic E-state index is 13.3. The van der Waals surface area contributed by atoms with Crippen LogP contribution in [0.2, 0.25) is 0 Å². The average molecular weight is 514 g/mol. The fraction of sp³-hybridized carbons (Fsp3) is 0.480. The number of fused-ring (bicyclic) bond motifs is 4. The number of carbonyl (C=O) groups excluding carboxylic acids is 3. The van der Waals surface area contributed by atoms with Crippen LogP contribution in [-0.4, -0.2) is 75.5 Å². The molecule has 1 aromatic heterocycles. The summed E-state index contributed by atoms with van der Waals surface area (Å²) in [6, 6.07) is 5.52. The minimum Gasteiger partial charge on any atom is -0.501 e. The number of carbonyl (C=O) groups is 3. The molecule has 12 heteroatoms. The Kier molecular flexibility index (Phi) is 6.44. The molecule has 3 heterocycles. The van der Waals surface area contributed by atoms with Crippen LogP contribution in [0.3, 0.4) is 0 Å². The summed E-state index contributed by atoms with van der Waals surface area (Å²) >= 11 is 0. The lowest BCUT2D eigenvalue weighted by atomic mass is 9.89. The van der Waals surface area contributed by atoms with E-state index in [1.807, 2.05) is 0 Å². The molecule has 3 amide bonds. The molecule has 1 aromatic carbocycles. The van der Waals surface area contributed by atoms with Crippen LogP contribution in [-0.2, 0) is 33.0 Å². The molecule has 1 aliphatic carbocycles. The number of morpholine rings is 1. The van der Waals surface area contributed by atoms with Crippen LogP contribution in [0, 0.1) is 11.7 Å². The van der Waals surface area contributed by atoms with Crippen molar-refractivity contribution < 1.29 is 28.6 Å². The molecule has 2 aliphatic heterocycles. The molecule has 2 atom stereocenters. The van der Waals surface area contributed by atoms with Crippen LogP contribution in [0.4, 0.5) is 4.39 Å². The summed E-state index contributed by atoms with van der Waals surface area (Å²) < 4.78 is 19.8. The number of ether oxygens (including phenoxy) is 1. The first-order chi connectivity index (χ1) is 17.7. The summed E-state index contributed by atoms with van der Waals surface area (Å²) in [5.41, 5.74) is -1.68. The van der Waals surface area contributed by atoms with Crippen LogP contribution >= 0.6 is 0 Å². The van der Waals surface area contributed by atoms with Gasteiger partial charge in [-0.3, -0.25) is 23.7 Å². The van der Waals surface area contributed by atoms with E-state index < -0.39 is 46.1 Å². The number of hydrogen-bond donors (Lipinski definition) is 2. The molecule has 196 valence electrons. The highest BCUT2D eigenvalue weighted by molar-refractivity contribution is 6.35. The Morgan fingerprint density at radius 2 is 1.95 bits per heavy atom. The minimum absolute atomic E-state index is 0.0261. The third-order valence-electron chi connectivity index (χ3n) is 7.60. The highest BCUT2D eigenvalue weighted by Crippen LogP contribution is 2.49. The van der Waals surface area contributed by atoms with E-state index in [4.69, 9.17) is 4.74 Å². The van der Waals surface area contributed by atoms with E-state index in [2.05, 4.69) is 10.3 Å². The smallest absolute Gasteiger partial charge is 0.312 e. The van der Waals surface area contributed by atoms with Gasteiger partial charge in [-0.25, -0.2) is 9.37 Å². The third-order valence-corrected chi connectivity index (χ3v) is 7.60. The summed E-state index contributed by atoms with van der Waals surface area (Å²) in [4.78, 5) is 59.6. The van der Waals surface area contributed by atoms with Gasteiger partial charge < -0.3 is 25.0 Å². The van der Waals surface area contributed by atoms with Crippen molar-refractivity contribution in [3.63, 3.8) is 0 Å². The zero-order chi connectivity index (χ0) is 26.3. The molecule has 1 saturated carbocycles. The number of nitrogens with one attached hydrogen (secondary N) is 1. The zero-order valence-electron chi connectivity index (χ0n) is 20.4. The van der Waals surface area contributed by atoms with Crippen LogP contribution in [0.25, 0.3) is 0 Å². The number of aromatic hydroxyl groups is 1. The van der Waals surface area contributed by atoms with Crippen molar-refractivity contribution in [3.05, 3.63) is 57.5 Å². The molecule has 1 saturated heterocycles. The van der Waals surface area contributed by atoms with Gasteiger partial charge in [0.1, 0.15) is 17.2 Å². The van der Waals surface area contributed by atoms with Gasteiger partial charge in [0, 0.05) is 33.2 Å². The molecule has 2 fully saturated rings. The third kappa shape index (κ3) is 4.35. The van der Waals surface area contributed by atoms with E-state index >= 15 is 0 Å². The fourth-order valence-corrected chi connectivity index (χ4v) is 5.53. The Morgan fingerprint density at radius 3 is 2.65 bits per heavy atom. The molecular formula is C25H28FN5O6. The molecule has 2 bridgehead atoms. The van der Waals surface area contributed by atoms with Crippen molar-refractivity contribution in [2.45, 2.75) is 37.9 Å². The molecule has 5 rings (SSSR count). The van der Waals surface area contributed by atoms with Crippen molar-refractivity contribution in [2.75, 3.05) is 33.4 Å². The van der Waals surface area contributed by atoms with Crippen LogP contribution in [0.15, 0.2) is 29.1 Å². The Hall–Kier alpha value is -3.80. The highest BCUT2D eigenvalue weighted by atomic mass is 19.1. The predicted octanol–water partition coefficient (Wildman–Crippen LogP) is 0.344. The predicted molar refractivity (Wildman–Crippen MR) is 127 cm³/mol. The van der Waals surface area contributed by atoms with Crippen molar-refractivity contribution >= 4 is 17.7 Å². The van der Waals surface area contributed by atoms with Gasteiger partial charge in [0.15, 0.2) is 5.69 Å². The fourth-order valence-electron chi connectivity index (χ4n) is 5.53. The maximum Gasteiger partial charge on any atom is 0.312 e. The SMILES string of the molecule is CN(C(=O)C(=O)N1CCOCC1)C12CCC(Cn3c1nc(C(=O)NCc1ccc(F)cc1)c(O)c3=O)C2. The molecule has 0 spiro atoms. The molecule has 37 heavy (non-hydrogen) atoms. The lowest BCUT2D eigenvalue weighted by molar-refractivity contribution is -0.157. The number of nitrogens with zero attached hydrogens (tertiary/aromatic N) is 4. The number of halogens is 1. The second-order valence-corrected chi connectivity index (χ2v) is 9.77. The first-order valence-corrected chi connectivity index (χ1v) is 12.2. The van der Waals surface area contributed by atoms with Gasteiger partial charge in [-0.15, -0.1) is 0 Å². The molecule has 2 N–H and O–H groups in total. The number of amides is 3. The second kappa shape index (κ2) is 9.58. The Bertz CT molecular complexity index is 1310. The summed E-state index contributed by atoms with van der Waals surface area (Å²) in [6.07, 6.45) is 1.64. The maximum atomic E-state index is 13.3. The van der Waals surface area contributed by atoms with Crippen molar-refractivity contribution in [1.82, 2.24) is 24.7 Å². The van der Waals surface area contributed by atoms with E-state index in [0.717, 1.165) is 0 Å². The quantitative estimate of drug-likeness (QED) is 0.564. The number of benzene rings is 1. The van der Waals surface area contributed by atoms with E-state index in [1.165, 1.54) is 45.7 Å². The van der Waals surface area contributed by atoms with E-state index in [-0.39, 0.29) is 18.3 Å². The van der Waals surface area contributed by atoms with Gasteiger partial charge in [0.2, 0.25) is 5.75 Å². The lowest BCUT2D eigenvalue weighted by Crippen LogP contribution is -2.56. The van der Waals surface area contributed by atoms with Crippen LogP contribution in [0.1, 0.15) is 41.1 Å². The molecule has 2 aromatic rings. The lowest BCUT2D eigenvalue weighted by Gasteiger charge is -2.42. The summed E-state index contributed by atoms with van der Waals surface area (Å²) in [7, 11) is 1.52. The summed E-state index contributed by atoms with van der Waals surface area (Å²) in [5.74, 6) is -3.12. The van der Waals surface area contributed by atoms with Crippen molar-refractivity contribution in [2.24, 2.45) is 5.92 Å². The minimum atomic E-state index is -1.07. The largest absolute Gasteiger partial charge is 0.501 e. The normalized spacial score (nSPS) is 22.3. The highest BCUT2D eigenvalue weighted by Gasteiger charge is 2.53. The van der Waals surface area contributed by atoms with E-state index in [9.17, 15) is 28.7 Å². The zero-order valence-corrected chi connectivity index (χ0v) is 20.4. The van der Waals surface area contributed by atoms with E-state index in [0.29, 0.717) is 57.7 Å². The van der Waals surface area contributed by atoms with Gasteiger partial charge >= 0.3 is 11.8 Å². The van der Waals surface area contributed by atoms with Crippen molar-refractivity contribution in [3.8, 4) is 5.75 Å².